The Bertz CT molecular complexity index is 664. The Labute approximate surface area is 131 Å². The summed E-state index contributed by atoms with van der Waals surface area (Å²) in [5.74, 6) is 0.874. The lowest BCUT2D eigenvalue weighted by atomic mass is 10.1. The van der Waals surface area contributed by atoms with Crippen LogP contribution in [0.5, 0.6) is 0 Å². The van der Waals surface area contributed by atoms with Crippen molar-refractivity contribution in [3.63, 3.8) is 0 Å². The van der Waals surface area contributed by atoms with E-state index in [1.54, 1.807) is 0 Å². The number of aromatic nitrogens is 2. The van der Waals surface area contributed by atoms with Crippen molar-refractivity contribution in [3.8, 4) is 0 Å². The Balaban J connectivity index is 2.47. The minimum atomic E-state index is 0.0317. The van der Waals surface area contributed by atoms with E-state index in [1.807, 2.05) is 24.8 Å². The number of nitrogens with zero attached hydrogens (tertiary/aromatic N) is 3. The third-order valence-corrected chi connectivity index (χ3v) is 3.43. The average Bonchev–Trinajstić information content (AvgIpc) is 2.76. The van der Waals surface area contributed by atoms with Gasteiger partial charge < -0.3 is 9.42 Å². The second-order valence-corrected chi connectivity index (χ2v) is 6.76. The van der Waals surface area contributed by atoms with Gasteiger partial charge in [0, 0.05) is 18.8 Å². The number of fused-ring (bicyclic) bond motifs is 1. The van der Waals surface area contributed by atoms with E-state index in [0.717, 1.165) is 24.2 Å². The Kier molecular flexibility index (Phi) is 4.84. The predicted octanol–water partition coefficient (Wildman–Crippen LogP) is 3.59. The zero-order valence-electron chi connectivity index (χ0n) is 14.3. The van der Waals surface area contributed by atoms with Crippen molar-refractivity contribution in [3.05, 3.63) is 23.0 Å². The smallest absolute Gasteiger partial charge is 0.258 e. The molecule has 5 heteroatoms. The monoisotopic (exact) mass is 303 g/mol. The Morgan fingerprint density at radius 2 is 1.77 bits per heavy atom. The van der Waals surface area contributed by atoms with Gasteiger partial charge in [0.25, 0.3) is 11.6 Å². The van der Waals surface area contributed by atoms with Crippen molar-refractivity contribution in [1.29, 1.82) is 0 Å². The summed E-state index contributed by atoms with van der Waals surface area (Å²) in [6, 6.07) is 1.84. The summed E-state index contributed by atoms with van der Waals surface area (Å²) >= 11 is 0. The molecule has 0 aromatic carbocycles. The third kappa shape index (κ3) is 3.46. The molecule has 0 aliphatic heterocycles. The van der Waals surface area contributed by atoms with Gasteiger partial charge in [-0.25, -0.2) is 4.98 Å². The van der Waals surface area contributed by atoms with Crippen LogP contribution in [-0.2, 0) is 0 Å². The highest BCUT2D eigenvalue weighted by Gasteiger charge is 2.23. The van der Waals surface area contributed by atoms with Crippen LogP contribution in [-0.4, -0.2) is 34.0 Å². The first-order valence-electron chi connectivity index (χ1n) is 7.82. The van der Waals surface area contributed by atoms with E-state index in [2.05, 4.69) is 37.8 Å². The molecule has 2 heterocycles. The van der Waals surface area contributed by atoms with Crippen molar-refractivity contribution < 1.29 is 9.32 Å². The van der Waals surface area contributed by atoms with Crippen LogP contribution >= 0.6 is 0 Å². The fourth-order valence-electron chi connectivity index (χ4n) is 2.68. The fraction of sp³-hybridized carbons (Fsp3) is 0.588. The first kappa shape index (κ1) is 16.5. The maximum Gasteiger partial charge on any atom is 0.258 e. The van der Waals surface area contributed by atoms with Gasteiger partial charge in [0.1, 0.15) is 0 Å². The van der Waals surface area contributed by atoms with Gasteiger partial charge in [-0.15, -0.1) is 0 Å². The van der Waals surface area contributed by atoms with Crippen LogP contribution < -0.4 is 0 Å². The van der Waals surface area contributed by atoms with Gasteiger partial charge in [-0.2, -0.15) is 0 Å². The lowest BCUT2D eigenvalue weighted by Crippen LogP contribution is -2.37. The molecule has 0 radical (unpaired) electrons. The predicted molar refractivity (Wildman–Crippen MR) is 86.9 cm³/mol. The quantitative estimate of drug-likeness (QED) is 0.847. The molecular weight excluding hydrogens is 278 g/mol. The van der Waals surface area contributed by atoms with Gasteiger partial charge >= 0.3 is 0 Å². The lowest BCUT2D eigenvalue weighted by molar-refractivity contribution is 0.0717. The van der Waals surface area contributed by atoms with E-state index in [0.29, 0.717) is 28.8 Å². The zero-order chi connectivity index (χ0) is 16.4. The molecule has 2 rings (SSSR count). The number of aryl methyl sites for hydroxylation is 2. The number of amides is 1. The topological polar surface area (TPSA) is 59.2 Å². The van der Waals surface area contributed by atoms with Crippen LogP contribution in [0.15, 0.2) is 10.6 Å². The number of hydrogen-bond donors (Lipinski definition) is 0. The molecule has 2 aromatic rings. The van der Waals surface area contributed by atoms with Crippen LogP contribution in [0.3, 0.4) is 0 Å². The van der Waals surface area contributed by atoms with Crippen molar-refractivity contribution in [2.75, 3.05) is 13.1 Å². The van der Waals surface area contributed by atoms with Crippen molar-refractivity contribution in [2.24, 2.45) is 11.8 Å². The maximum atomic E-state index is 13.1. The van der Waals surface area contributed by atoms with Gasteiger partial charge in [0.15, 0.2) is 0 Å². The lowest BCUT2D eigenvalue weighted by Gasteiger charge is -2.26. The largest absolute Gasteiger partial charge is 0.338 e. The maximum absolute atomic E-state index is 13.1. The molecule has 1 amide bonds. The molecule has 22 heavy (non-hydrogen) atoms. The van der Waals surface area contributed by atoms with Crippen LogP contribution in [0.2, 0.25) is 0 Å². The molecule has 120 valence electrons. The van der Waals surface area contributed by atoms with E-state index >= 15 is 0 Å². The Hall–Kier alpha value is -1.91. The number of hydrogen-bond acceptors (Lipinski definition) is 4. The highest BCUT2D eigenvalue weighted by molar-refractivity contribution is 6.06. The fourth-order valence-corrected chi connectivity index (χ4v) is 2.68. The van der Waals surface area contributed by atoms with E-state index in [4.69, 9.17) is 4.52 Å². The molecule has 0 saturated heterocycles. The van der Waals surface area contributed by atoms with Crippen LogP contribution in [0.25, 0.3) is 11.1 Å². The summed E-state index contributed by atoms with van der Waals surface area (Å²) in [6.45, 7) is 13.7. The molecule has 0 fully saturated rings. The first-order chi connectivity index (χ1) is 10.3. The third-order valence-electron chi connectivity index (χ3n) is 3.43. The van der Waals surface area contributed by atoms with Crippen molar-refractivity contribution >= 4 is 17.0 Å². The van der Waals surface area contributed by atoms with E-state index in [1.165, 1.54) is 0 Å². The van der Waals surface area contributed by atoms with Gasteiger partial charge in [0.2, 0.25) is 0 Å². The summed E-state index contributed by atoms with van der Waals surface area (Å²) < 4.78 is 5.23. The minimum absolute atomic E-state index is 0.0317. The zero-order valence-corrected chi connectivity index (χ0v) is 14.3. The highest BCUT2D eigenvalue weighted by Crippen LogP contribution is 2.24. The molecule has 0 N–H and O–H groups in total. The summed E-state index contributed by atoms with van der Waals surface area (Å²) in [5.41, 5.74) is 2.55. The molecule has 0 saturated carbocycles. The SMILES string of the molecule is Cc1cc(C(=O)N(CC(C)C)CC(C)C)c2c(C)noc2n1. The molecule has 0 bridgehead atoms. The summed E-state index contributed by atoms with van der Waals surface area (Å²) in [6.07, 6.45) is 0. The van der Waals surface area contributed by atoms with Crippen molar-refractivity contribution in [1.82, 2.24) is 15.0 Å². The summed E-state index contributed by atoms with van der Waals surface area (Å²) in [7, 11) is 0. The molecule has 0 unspecified atom stereocenters. The average molecular weight is 303 g/mol. The highest BCUT2D eigenvalue weighted by atomic mass is 16.5. The molecule has 0 aliphatic carbocycles. The minimum Gasteiger partial charge on any atom is -0.338 e. The molecule has 2 aromatic heterocycles. The number of carbonyl (C=O) groups is 1. The van der Waals surface area contributed by atoms with Crippen LogP contribution in [0.1, 0.15) is 49.4 Å². The standard InChI is InChI=1S/C17H25N3O2/c1-10(2)8-20(9-11(3)4)17(21)14-7-12(5)18-16-15(14)13(6)19-22-16/h7,10-11H,8-9H2,1-6H3. The molecule has 0 atom stereocenters. The molecule has 0 spiro atoms. The molecule has 5 nitrogen and oxygen atoms in total. The van der Waals surface area contributed by atoms with Crippen LogP contribution in [0.4, 0.5) is 0 Å². The van der Waals surface area contributed by atoms with Crippen molar-refractivity contribution in [2.45, 2.75) is 41.5 Å². The normalized spacial score (nSPS) is 11.6. The molecular formula is C17H25N3O2. The van der Waals surface area contributed by atoms with Gasteiger partial charge in [0.05, 0.1) is 16.6 Å². The molecule has 0 aliphatic rings. The Morgan fingerprint density at radius 1 is 1.18 bits per heavy atom. The second-order valence-electron chi connectivity index (χ2n) is 6.76. The summed E-state index contributed by atoms with van der Waals surface area (Å²) in [4.78, 5) is 19.3. The van der Waals surface area contributed by atoms with Gasteiger partial charge in [-0.05, 0) is 31.7 Å². The van der Waals surface area contributed by atoms with Gasteiger partial charge in [-0.1, -0.05) is 32.9 Å². The summed E-state index contributed by atoms with van der Waals surface area (Å²) in [5, 5.41) is 4.68. The van der Waals surface area contributed by atoms with E-state index in [-0.39, 0.29) is 5.91 Å². The number of pyridine rings is 1. The van der Waals surface area contributed by atoms with E-state index in [9.17, 15) is 4.79 Å². The Morgan fingerprint density at radius 3 is 2.32 bits per heavy atom. The second kappa shape index (κ2) is 6.46. The van der Waals surface area contributed by atoms with Gasteiger partial charge in [-0.3, -0.25) is 4.79 Å². The van der Waals surface area contributed by atoms with Crippen LogP contribution in [0, 0.1) is 25.7 Å². The first-order valence-corrected chi connectivity index (χ1v) is 7.82. The number of carbonyl (C=O) groups excluding carboxylic acids is 1. The number of rotatable bonds is 5. The van der Waals surface area contributed by atoms with E-state index < -0.39 is 0 Å².